The van der Waals surface area contributed by atoms with Gasteiger partial charge in [-0.05, 0) is 25.1 Å². The molecule has 30 heavy (non-hydrogen) atoms. The number of amides is 2. The summed E-state index contributed by atoms with van der Waals surface area (Å²) in [6, 6.07) is 10.4. The molecule has 0 saturated heterocycles. The van der Waals surface area contributed by atoms with Crippen LogP contribution in [0.15, 0.2) is 59.8 Å². The highest BCUT2D eigenvalue weighted by atomic mass is 16.2. The molecule has 0 aliphatic carbocycles. The highest BCUT2D eigenvalue weighted by Gasteiger charge is 2.20. The molecule has 0 atom stereocenters. The quantitative estimate of drug-likeness (QED) is 0.492. The Hall–Kier alpha value is -4.21. The first kappa shape index (κ1) is 19.1. The average molecular weight is 405 g/mol. The Labute approximate surface area is 170 Å². The predicted molar refractivity (Wildman–Crippen MR) is 109 cm³/mol. The van der Waals surface area contributed by atoms with Gasteiger partial charge in [-0.25, -0.2) is 4.68 Å². The van der Waals surface area contributed by atoms with Crippen LogP contribution in [0.2, 0.25) is 0 Å². The van der Waals surface area contributed by atoms with Gasteiger partial charge in [0.15, 0.2) is 5.69 Å². The molecule has 1 aromatic carbocycles. The molecule has 0 saturated carbocycles. The molecule has 4 aromatic rings. The maximum absolute atomic E-state index is 12.8. The molecule has 3 heterocycles. The van der Waals surface area contributed by atoms with Gasteiger partial charge < -0.3 is 4.57 Å². The first-order valence-corrected chi connectivity index (χ1v) is 9.27. The molecule has 0 unspecified atom stereocenters. The van der Waals surface area contributed by atoms with Crippen LogP contribution in [0.5, 0.6) is 0 Å². The van der Waals surface area contributed by atoms with Crippen LogP contribution < -0.4 is 16.4 Å². The van der Waals surface area contributed by atoms with Crippen LogP contribution in [0.4, 0.5) is 0 Å². The largest absolute Gasteiger partial charge is 0.308 e. The van der Waals surface area contributed by atoms with Crippen molar-refractivity contribution in [3.63, 3.8) is 0 Å². The van der Waals surface area contributed by atoms with Crippen molar-refractivity contribution in [3.05, 3.63) is 76.6 Å². The lowest BCUT2D eigenvalue weighted by molar-refractivity contribution is 0.0843. The third-order valence-electron chi connectivity index (χ3n) is 4.67. The van der Waals surface area contributed by atoms with E-state index < -0.39 is 11.8 Å². The zero-order valence-electron chi connectivity index (χ0n) is 16.4. The average Bonchev–Trinajstić information content (AvgIpc) is 3.41. The van der Waals surface area contributed by atoms with E-state index in [-0.39, 0.29) is 16.8 Å². The van der Waals surface area contributed by atoms with Gasteiger partial charge in [0.2, 0.25) is 0 Å². The van der Waals surface area contributed by atoms with Gasteiger partial charge in [-0.15, -0.1) is 0 Å². The number of hydrogen-bond donors (Lipinski definition) is 2. The van der Waals surface area contributed by atoms with Crippen LogP contribution in [-0.2, 0) is 13.6 Å². The monoisotopic (exact) mass is 405 g/mol. The summed E-state index contributed by atoms with van der Waals surface area (Å²) >= 11 is 0. The highest BCUT2D eigenvalue weighted by Crippen LogP contribution is 2.15. The number of hydrogen-bond acceptors (Lipinski definition) is 5. The van der Waals surface area contributed by atoms with Crippen LogP contribution in [0, 0.1) is 0 Å². The van der Waals surface area contributed by atoms with E-state index in [1.807, 2.05) is 12.1 Å². The van der Waals surface area contributed by atoms with Gasteiger partial charge in [-0.3, -0.25) is 29.9 Å². The van der Waals surface area contributed by atoms with E-state index in [4.69, 9.17) is 0 Å². The predicted octanol–water partition coefficient (Wildman–Crippen LogP) is 1.02. The highest BCUT2D eigenvalue weighted by molar-refractivity contribution is 6.06. The summed E-state index contributed by atoms with van der Waals surface area (Å²) in [6.45, 7) is 2.07. The van der Waals surface area contributed by atoms with E-state index in [9.17, 15) is 14.4 Å². The van der Waals surface area contributed by atoms with Gasteiger partial charge in [0.25, 0.3) is 17.4 Å². The Morgan fingerprint density at radius 3 is 2.37 bits per heavy atom. The Kier molecular flexibility index (Phi) is 4.88. The van der Waals surface area contributed by atoms with Crippen LogP contribution >= 0.6 is 0 Å². The maximum atomic E-state index is 12.8. The molecule has 4 rings (SSSR count). The second kappa shape index (κ2) is 7.66. The molecule has 152 valence electrons. The van der Waals surface area contributed by atoms with Crippen molar-refractivity contribution in [2.75, 3.05) is 0 Å². The molecule has 0 radical (unpaired) electrons. The van der Waals surface area contributed by atoms with Crippen LogP contribution in [0.3, 0.4) is 0 Å². The molecule has 0 spiro atoms. The van der Waals surface area contributed by atoms with E-state index in [0.717, 1.165) is 0 Å². The number of rotatable bonds is 4. The van der Waals surface area contributed by atoms with E-state index >= 15 is 0 Å². The second-order valence-corrected chi connectivity index (χ2v) is 6.52. The van der Waals surface area contributed by atoms with Gasteiger partial charge in [0, 0.05) is 31.4 Å². The van der Waals surface area contributed by atoms with Crippen molar-refractivity contribution < 1.29 is 9.59 Å². The summed E-state index contributed by atoms with van der Waals surface area (Å²) in [6.07, 6.45) is 4.99. The summed E-state index contributed by atoms with van der Waals surface area (Å²) in [5.41, 5.74) is 4.83. The summed E-state index contributed by atoms with van der Waals surface area (Å²) in [5.74, 6) is -0.615. The number of aryl methyl sites for hydroxylation is 2. The van der Waals surface area contributed by atoms with Crippen LogP contribution in [0.25, 0.3) is 16.6 Å². The molecule has 10 nitrogen and oxygen atoms in total. The second-order valence-electron chi connectivity index (χ2n) is 6.52. The van der Waals surface area contributed by atoms with Gasteiger partial charge in [-0.2, -0.15) is 10.2 Å². The minimum atomic E-state index is -0.631. The molecule has 0 aliphatic heterocycles. The van der Waals surface area contributed by atoms with Crippen molar-refractivity contribution in [1.82, 2.24) is 35.0 Å². The van der Waals surface area contributed by atoms with Crippen molar-refractivity contribution in [3.8, 4) is 5.82 Å². The number of carbonyl (C=O) groups is 2. The molecule has 3 aromatic heterocycles. The number of fused-ring (bicyclic) bond motifs is 1. The summed E-state index contributed by atoms with van der Waals surface area (Å²) in [5, 5.41) is 9.07. The van der Waals surface area contributed by atoms with Crippen molar-refractivity contribution in [1.29, 1.82) is 0 Å². The third kappa shape index (κ3) is 3.24. The minimum absolute atomic E-state index is 0.0455. The van der Waals surface area contributed by atoms with Gasteiger partial charge in [0.05, 0.1) is 11.6 Å². The molecule has 0 fully saturated rings. The van der Waals surface area contributed by atoms with Crippen molar-refractivity contribution >= 4 is 22.6 Å². The smallest absolute Gasteiger partial charge is 0.290 e. The van der Waals surface area contributed by atoms with Gasteiger partial charge in [0.1, 0.15) is 11.4 Å². The van der Waals surface area contributed by atoms with E-state index in [1.165, 1.54) is 10.9 Å². The fourth-order valence-electron chi connectivity index (χ4n) is 3.23. The molecule has 0 aliphatic rings. The Bertz CT molecular complexity index is 1300. The number of hydrazine groups is 1. The van der Waals surface area contributed by atoms with E-state index in [2.05, 4.69) is 21.0 Å². The number of carbonyl (C=O) groups excluding carboxylic acids is 2. The standard InChI is InChI=1S/C20H19N7O3/c1-3-27-20(30)14-9-5-4-8-13(14)16(24-27)18(29)23-22-17(28)15-12-21-25(2)19(15)26-10-6-7-11-26/h4-12H,3H2,1-2H3,(H,22,28)(H,23,29). The van der Waals surface area contributed by atoms with Gasteiger partial charge in [-0.1, -0.05) is 18.2 Å². The zero-order valence-corrected chi connectivity index (χ0v) is 16.4. The summed E-state index contributed by atoms with van der Waals surface area (Å²) in [7, 11) is 1.72. The normalized spacial score (nSPS) is 10.9. The number of nitrogens with one attached hydrogen (secondary N) is 2. The summed E-state index contributed by atoms with van der Waals surface area (Å²) < 4.78 is 4.52. The summed E-state index contributed by atoms with van der Waals surface area (Å²) in [4.78, 5) is 37.9. The fourth-order valence-corrected chi connectivity index (χ4v) is 3.23. The topological polar surface area (TPSA) is 116 Å². The number of aromatic nitrogens is 5. The number of benzene rings is 1. The Balaban J connectivity index is 1.60. The fraction of sp³-hybridized carbons (Fsp3) is 0.150. The zero-order chi connectivity index (χ0) is 21.3. The lowest BCUT2D eigenvalue weighted by atomic mass is 10.1. The molecule has 2 N–H and O–H groups in total. The molecule has 2 amide bonds. The first-order chi connectivity index (χ1) is 14.5. The number of nitrogens with zero attached hydrogens (tertiary/aromatic N) is 5. The van der Waals surface area contributed by atoms with Crippen molar-refractivity contribution in [2.24, 2.45) is 7.05 Å². The van der Waals surface area contributed by atoms with Gasteiger partial charge >= 0.3 is 0 Å². The Morgan fingerprint density at radius 1 is 1.00 bits per heavy atom. The van der Waals surface area contributed by atoms with Crippen LogP contribution in [-0.4, -0.2) is 35.9 Å². The van der Waals surface area contributed by atoms with Crippen LogP contribution in [0.1, 0.15) is 27.8 Å². The third-order valence-corrected chi connectivity index (χ3v) is 4.67. The van der Waals surface area contributed by atoms with Crippen molar-refractivity contribution in [2.45, 2.75) is 13.5 Å². The van der Waals surface area contributed by atoms with E-state index in [0.29, 0.717) is 23.1 Å². The molecular formula is C20H19N7O3. The SMILES string of the molecule is CCn1nc(C(=O)NNC(=O)c2cnn(C)c2-n2cccc2)c2ccccc2c1=O. The van der Waals surface area contributed by atoms with E-state index in [1.54, 1.807) is 59.9 Å². The molecule has 10 heteroatoms. The molecular weight excluding hydrogens is 386 g/mol. The Morgan fingerprint density at radius 2 is 1.67 bits per heavy atom. The maximum Gasteiger partial charge on any atom is 0.290 e. The molecule has 0 bridgehead atoms. The lowest BCUT2D eigenvalue weighted by Crippen LogP contribution is -2.43. The lowest BCUT2D eigenvalue weighted by Gasteiger charge is -2.11. The first-order valence-electron chi connectivity index (χ1n) is 9.27. The minimum Gasteiger partial charge on any atom is -0.308 e.